The molecule has 1 amide bonds. The summed E-state index contributed by atoms with van der Waals surface area (Å²) >= 11 is 0. The largest absolute Gasteiger partial charge is 0.440 e. The zero-order valence-corrected chi connectivity index (χ0v) is 10.2. The zero-order chi connectivity index (χ0) is 13.1. The lowest BCUT2D eigenvalue weighted by Crippen LogP contribution is -2.22. The highest BCUT2D eigenvalue weighted by atomic mass is 19.1. The topological polar surface area (TPSA) is 65.2 Å². The molecule has 0 bridgehead atoms. The summed E-state index contributed by atoms with van der Waals surface area (Å²) in [7, 11) is 0. The van der Waals surface area contributed by atoms with Gasteiger partial charge in [-0.1, -0.05) is 20.8 Å². The first-order valence-corrected chi connectivity index (χ1v) is 5.35. The first kappa shape index (κ1) is 13.4. The van der Waals surface area contributed by atoms with E-state index in [1.165, 1.54) is 12.1 Å². The van der Waals surface area contributed by atoms with Crippen molar-refractivity contribution in [2.45, 2.75) is 33.3 Å². The van der Waals surface area contributed by atoms with E-state index >= 15 is 0 Å². The Hall–Kier alpha value is -1.65. The van der Waals surface area contributed by atoms with Gasteiger partial charge in [0.15, 0.2) is 0 Å². The molecule has 0 radical (unpaired) electrons. The van der Waals surface area contributed by atoms with Crippen molar-refractivity contribution >= 4 is 6.09 Å². The number of hydrogen-bond acceptors (Lipinski definition) is 3. The van der Waals surface area contributed by atoms with E-state index in [0.29, 0.717) is 12.1 Å². The molecule has 0 unspecified atom stereocenters. The number of halogens is 1. The van der Waals surface area contributed by atoms with Gasteiger partial charge in [-0.05, 0) is 24.0 Å². The second kappa shape index (κ2) is 5.12. The van der Waals surface area contributed by atoms with Gasteiger partial charge in [-0.15, -0.1) is 0 Å². The van der Waals surface area contributed by atoms with E-state index in [4.69, 9.17) is 10.5 Å². The second-order valence-corrected chi connectivity index (χ2v) is 5.09. The van der Waals surface area contributed by atoms with Crippen molar-refractivity contribution in [1.29, 1.82) is 0 Å². The molecule has 0 spiro atoms. The summed E-state index contributed by atoms with van der Waals surface area (Å²) < 4.78 is 17.8. The lowest BCUT2D eigenvalue weighted by Gasteiger charge is -2.24. The Labute approximate surface area is 100.0 Å². The van der Waals surface area contributed by atoms with Gasteiger partial charge in [0, 0.05) is 0 Å². The Bertz CT molecular complexity index is 384. The molecule has 0 aliphatic carbocycles. The first-order valence-electron chi connectivity index (χ1n) is 5.35. The predicted octanol–water partition coefficient (Wildman–Crippen LogP) is 2.79. The highest BCUT2D eigenvalue weighted by molar-refractivity contribution is 5.64. The predicted molar refractivity (Wildman–Crippen MR) is 61.7 cm³/mol. The number of rotatable bonds is 3. The van der Waals surface area contributed by atoms with Crippen molar-refractivity contribution in [3.63, 3.8) is 0 Å². The van der Waals surface area contributed by atoms with Gasteiger partial charge in [0.2, 0.25) is 0 Å². The van der Waals surface area contributed by atoms with Crippen LogP contribution >= 0.6 is 0 Å². The maximum atomic E-state index is 12.8. The molecule has 2 N–H and O–H groups in total. The molecular formula is C12H17FN2O2. The molecule has 17 heavy (non-hydrogen) atoms. The van der Waals surface area contributed by atoms with E-state index in [9.17, 15) is 9.18 Å². The highest BCUT2D eigenvalue weighted by Crippen LogP contribution is 2.31. The molecule has 1 heterocycles. The normalized spacial score (nSPS) is 13.2. The summed E-state index contributed by atoms with van der Waals surface area (Å²) in [6.07, 6.45) is 0.252. The Balaban J connectivity index is 2.89. The molecule has 0 saturated heterocycles. The van der Waals surface area contributed by atoms with Gasteiger partial charge in [-0.3, -0.25) is 4.98 Å². The number of amides is 1. The second-order valence-electron chi connectivity index (χ2n) is 5.09. The van der Waals surface area contributed by atoms with Crippen LogP contribution in [0.15, 0.2) is 18.3 Å². The smallest absolute Gasteiger partial charge is 0.405 e. The number of carbonyl (C=O) groups excluding carboxylic acids is 1. The van der Waals surface area contributed by atoms with Gasteiger partial charge in [0.25, 0.3) is 0 Å². The van der Waals surface area contributed by atoms with E-state index in [-0.39, 0.29) is 5.41 Å². The van der Waals surface area contributed by atoms with Crippen LogP contribution < -0.4 is 5.73 Å². The van der Waals surface area contributed by atoms with Gasteiger partial charge in [0.05, 0.1) is 11.9 Å². The number of nitrogens with two attached hydrogens (primary N) is 1. The molecule has 1 aromatic rings. The van der Waals surface area contributed by atoms with Crippen LogP contribution in [0.1, 0.15) is 39.0 Å². The van der Waals surface area contributed by atoms with Gasteiger partial charge in [-0.2, -0.15) is 0 Å². The quantitative estimate of drug-likeness (QED) is 0.883. The van der Waals surface area contributed by atoms with E-state index < -0.39 is 18.0 Å². The summed E-state index contributed by atoms with van der Waals surface area (Å²) in [5, 5.41) is 0. The minimum absolute atomic E-state index is 0.0593. The number of hydrogen-bond donors (Lipinski definition) is 1. The molecule has 1 rings (SSSR count). The van der Waals surface area contributed by atoms with Crippen LogP contribution in [-0.2, 0) is 4.74 Å². The third-order valence-corrected chi connectivity index (χ3v) is 2.14. The minimum atomic E-state index is -0.856. The molecule has 0 aromatic carbocycles. The summed E-state index contributed by atoms with van der Waals surface area (Å²) in [5.41, 5.74) is 5.46. The highest BCUT2D eigenvalue weighted by Gasteiger charge is 2.24. The number of aromatic nitrogens is 1. The van der Waals surface area contributed by atoms with Crippen molar-refractivity contribution in [3.8, 4) is 0 Å². The number of nitrogens with zero attached hydrogens (tertiary/aromatic N) is 1. The lowest BCUT2D eigenvalue weighted by atomic mass is 9.88. The molecule has 94 valence electrons. The van der Waals surface area contributed by atoms with Gasteiger partial charge < -0.3 is 10.5 Å². The van der Waals surface area contributed by atoms with Crippen LogP contribution in [0.4, 0.5) is 9.18 Å². The molecular weight excluding hydrogens is 223 g/mol. The van der Waals surface area contributed by atoms with Crippen LogP contribution in [0, 0.1) is 11.2 Å². The average Bonchev–Trinajstić information content (AvgIpc) is 2.14. The van der Waals surface area contributed by atoms with Crippen molar-refractivity contribution in [1.82, 2.24) is 4.98 Å². The third kappa shape index (κ3) is 4.80. The van der Waals surface area contributed by atoms with Crippen molar-refractivity contribution in [2.24, 2.45) is 11.1 Å². The maximum Gasteiger partial charge on any atom is 0.405 e. The fourth-order valence-electron chi connectivity index (χ4n) is 1.48. The lowest BCUT2D eigenvalue weighted by molar-refractivity contribution is 0.0763. The molecule has 5 heteroatoms. The van der Waals surface area contributed by atoms with E-state index in [2.05, 4.69) is 4.98 Å². The molecule has 0 fully saturated rings. The van der Waals surface area contributed by atoms with Crippen LogP contribution in [-0.4, -0.2) is 11.1 Å². The molecule has 0 aliphatic heterocycles. The number of pyridine rings is 1. The Morgan fingerprint density at radius 1 is 1.53 bits per heavy atom. The van der Waals surface area contributed by atoms with Gasteiger partial charge in [0.1, 0.15) is 11.9 Å². The number of carbonyl (C=O) groups is 1. The summed E-state index contributed by atoms with van der Waals surface area (Å²) in [4.78, 5) is 14.7. The summed E-state index contributed by atoms with van der Waals surface area (Å²) in [6.45, 7) is 6.02. The molecule has 4 nitrogen and oxygen atoms in total. The molecule has 0 saturated carbocycles. The van der Waals surface area contributed by atoms with E-state index in [1.54, 1.807) is 0 Å². The van der Waals surface area contributed by atoms with Crippen LogP contribution in [0.3, 0.4) is 0 Å². The fraction of sp³-hybridized carbons (Fsp3) is 0.500. The van der Waals surface area contributed by atoms with E-state index in [1.807, 2.05) is 20.8 Å². The van der Waals surface area contributed by atoms with Crippen LogP contribution in [0.5, 0.6) is 0 Å². The fourth-order valence-corrected chi connectivity index (χ4v) is 1.48. The third-order valence-electron chi connectivity index (χ3n) is 2.14. The van der Waals surface area contributed by atoms with Crippen LogP contribution in [0.25, 0.3) is 0 Å². The Morgan fingerprint density at radius 3 is 2.59 bits per heavy atom. The summed E-state index contributed by atoms with van der Waals surface area (Å²) in [5.74, 6) is -0.428. The van der Waals surface area contributed by atoms with E-state index in [0.717, 1.165) is 6.20 Å². The first-order chi connectivity index (χ1) is 7.78. The monoisotopic (exact) mass is 240 g/mol. The number of ether oxygens (including phenoxy) is 1. The van der Waals surface area contributed by atoms with Crippen molar-refractivity contribution < 1.29 is 13.9 Å². The molecule has 0 aliphatic rings. The average molecular weight is 240 g/mol. The van der Waals surface area contributed by atoms with Gasteiger partial charge in [-0.25, -0.2) is 9.18 Å². The molecule has 1 atom stereocenters. The number of primary amides is 1. The van der Waals surface area contributed by atoms with Gasteiger partial charge >= 0.3 is 6.09 Å². The Morgan fingerprint density at radius 2 is 2.18 bits per heavy atom. The standard InChI is InChI=1S/C12H17FN2O2/c1-12(2,3)6-10(17-11(14)16)9-5-4-8(13)7-15-9/h4-5,7,10H,6H2,1-3H3,(H2,14,16)/t10-/m0/s1. The SMILES string of the molecule is CC(C)(C)C[C@H](OC(N)=O)c1ccc(F)cn1. The summed E-state index contributed by atoms with van der Waals surface area (Å²) in [6, 6.07) is 2.77. The van der Waals surface area contributed by atoms with Crippen LogP contribution in [0.2, 0.25) is 0 Å². The Kier molecular flexibility index (Phi) is 4.04. The maximum absolute atomic E-state index is 12.8. The zero-order valence-electron chi connectivity index (χ0n) is 10.2. The van der Waals surface area contributed by atoms with Crippen molar-refractivity contribution in [2.75, 3.05) is 0 Å². The minimum Gasteiger partial charge on any atom is -0.440 e. The molecule has 1 aromatic heterocycles. The van der Waals surface area contributed by atoms with Crippen molar-refractivity contribution in [3.05, 3.63) is 29.8 Å².